The Kier molecular flexibility index (Phi) is 9.53. The average molecular weight is 511 g/mol. The number of benzene rings is 3. The molecule has 4 aromatic rings. The molecule has 1 N–H and O–H groups in total. The molecule has 0 aliphatic rings. The number of nitrogens with one attached hydrogen (secondary N) is 1. The summed E-state index contributed by atoms with van der Waals surface area (Å²) in [5, 5.41) is 3.14. The number of carbonyl (C=O) groups is 1. The highest BCUT2D eigenvalue weighted by Crippen LogP contribution is 2.42. The Morgan fingerprint density at radius 3 is 2.03 bits per heavy atom. The van der Waals surface area contributed by atoms with Crippen molar-refractivity contribution in [2.24, 2.45) is 0 Å². The van der Waals surface area contributed by atoms with E-state index in [0.29, 0.717) is 5.56 Å². The number of unbranched alkanes of at least 4 members (excludes halogenated alkanes) is 5. The predicted octanol–water partition coefficient (Wildman–Crippen LogP) is 9.70. The summed E-state index contributed by atoms with van der Waals surface area (Å²) in [4.78, 5) is 14.0. The van der Waals surface area contributed by atoms with Gasteiger partial charge in [0.1, 0.15) is 5.82 Å². The molecule has 0 atom stereocenters. The molecule has 0 unspecified atom stereocenters. The van der Waals surface area contributed by atoms with E-state index < -0.39 is 0 Å². The van der Waals surface area contributed by atoms with E-state index in [0.717, 1.165) is 53.2 Å². The van der Waals surface area contributed by atoms with E-state index in [2.05, 4.69) is 42.8 Å². The molecule has 4 heteroatoms. The minimum atomic E-state index is -0.268. The van der Waals surface area contributed by atoms with Gasteiger partial charge in [-0.1, -0.05) is 101 Å². The zero-order valence-corrected chi connectivity index (χ0v) is 22.8. The number of nitrogens with zero attached hydrogens (tertiary/aromatic N) is 1. The highest BCUT2D eigenvalue weighted by atomic mass is 19.1. The summed E-state index contributed by atoms with van der Waals surface area (Å²) in [5.41, 5.74) is 6.25. The Labute approximate surface area is 226 Å². The summed E-state index contributed by atoms with van der Waals surface area (Å²) in [6.07, 6.45) is 7.13. The third-order valence-electron chi connectivity index (χ3n) is 7.02. The molecule has 0 saturated carbocycles. The van der Waals surface area contributed by atoms with Crippen molar-refractivity contribution in [2.75, 3.05) is 5.32 Å². The molecular weight excluding hydrogens is 471 g/mol. The van der Waals surface area contributed by atoms with Crippen LogP contribution in [0.5, 0.6) is 0 Å². The van der Waals surface area contributed by atoms with E-state index in [1.165, 1.54) is 37.8 Å². The normalized spacial score (nSPS) is 11.2. The van der Waals surface area contributed by atoms with Gasteiger partial charge >= 0.3 is 0 Å². The first-order valence-electron chi connectivity index (χ1n) is 13.9. The van der Waals surface area contributed by atoms with E-state index in [1.807, 2.05) is 60.7 Å². The number of rotatable bonds is 12. The van der Waals surface area contributed by atoms with E-state index in [-0.39, 0.29) is 17.6 Å². The fourth-order valence-corrected chi connectivity index (χ4v) is 5.26. The lowest BCUT2D eigenvalue weighted by molar-refractivity contribution is 0.102. The van der Waals surface area contributed by atoms with Crippen LogP contribution in [-0.2, 0) is 6.54 Å². The molecule has 0 aliphatic heterocycles. The monoisotopic (exact) mass is 510 g/mol. The van der Waals surface area contributed by atoms with Crippen LogP contribution in [0.3, 0.4) is 0 Å². The van der Waals surface area contributed by atoms with Crippen molar-refractivity contribution in [3.8, 4) is 22.4 Å². The van der Waals surface area contributed by atoms with Gasteiger partial charge < -0.3 is 9.88 Å². The van der Waals surface area contributed by atoms with Crippen LogP contribution in [0.15, 0.2) is 84.9 Å². The molecule has 0 saturated heterocycles. The maximum absolute atomic E-state index is 14.0. The Morgan fingerprint density at radius 2 is 1.39 bits per heavy atom. The minimum Gasteiger partial charge on any atom is -0.343 e. The molecule has 0 radical (unpaired) electrons. The van der Waals surface area contributed by atoms with Gasteiger partial charge in [-0.3, -0.25) is 4.79 Å². The second-order valence-electron chi connectivity index (χ2n) is 10.3. The molecule has 0 bridgehead atoms. The SMILES string of the molecule is CCCCCCCCn1c(-c2ccc(F)cc2)c(-c2ccccc2)c(C(=O)Nc2ccccc2)c1C(C)C. The standard InChI is InChI=1S/C34H39FN2O/c1-4-5-6-7-8-15-24-37-32(25(2)3)31(34(38)36-29-18-13-10-14-19-29)30(26-16-11-9-12-17-26)33(37)27-20-22-28(35)23-21-27/h9-14,16-23,25H,4-8,15,24H2,1-3H3,(H,36,38). The first kappa shape index (κ1) is 27.4. The van der Waals surface area contributed by atoms with E-state index >= 15 is 0 Å². The number of hydrogen-bond donors (Lipinski definition) is 1. The van der Waals surface area contributed by atoms with Crippen LogP contribution < -0.4 is 5.32 Å². The van der Waals surface area contributed by atoms with Crippen LogP contribution in [0.1, 0.15) is 81.3 Å². The molecule has 3 nitrogen and oxygen atoms in total. The minimum absolute atomic E-state index is 0.114. The largest absolute Gasteiger partial charge is 0.343 e. The summed E-state index contributed by atoms with van der Waals surface area (Å²) in [6.45, 7) is 7.34. The number of hydrogen-bond acceptors (Lipinski definition) is 1. The summed E-state index contributed by atoms with van der Waals surface area (Å²) in [7, 11) is 0. The van der Waals surface area contributed by atoms with Crippen molar-refractivity contribution in [3.05, 3.63) is 102 Å². The molecular formula is C34H39FN2O. The van der Waals surface area contributed by atoms with Gasteiger partial charge in [0.25, 0.3) is 5.91 Å². The summed E-state index contributed by atoms with van der Waals surface area (Å²) >= 11 is 0. The van der Waals surface area contributed by atoms with E-state index in [1.54, 1.807) is 0 Å². The molecule has 198 valence electrons. The van der Waals surface area contributed by atoms with E-state index in [4.69, 9.17) is 0 Å². The number of carbonyl (C=O) groups excluding carboxylic acids is 1. The van der Waals surface area contributed by atoms with Gasteiger partial charge in [-0.25, -0.2) is 4.39 Å². The number of amides is 1. The van der Waals surface area contributed by atoms with Crippen LogP contribution in [0.25, 0.3) is 22.4 Å². The first-order chi connectivity index (χ1) is 18.5. The molecule has 0 spiro atoms. The van der Waals surface area contributed by atoms with Crippen LogP contribution in [0, 0.1) is 5.82 Å². The smallest absolute Gasteiger partial charge is 0.258 e. The van der Waals surface area contributed by atoms with E-state index in [9.17, 15) is 9.18 Å². The Balaban J connectivity index is 1.90. The molecule has 0 fully saturated rings. The van der Waals surface area contributed by atoms with Crippen molar-refractivity contribution in [1.82, 2.24) is 4.57 Å². The summed E-state index contributed by atoms with van der Waals surface area (Å²) in [6, 6.07) is 26.4. The lowest BCUT2D eigenvalue weighted by Crippen LogP contribution is -2.16. The number of para-hydroxylation sites is 1. The molecule has 38 heavy (non-hydrogen) atoms. The zero-order chi connectivity index (χ0) is 26.9. The molecule has 4 rings (SSSR count). The van der Waals surface area contributed by atoms with Crippen molar-refractivity contribution < 1.29 is 9.18 Å². The highest BCUT2D eigenvalue weighted by molar-refractivity contribution is 6.12. The van der Waals surface area contributed by atoms with Crippen molar-refractivity contribution in [2.45, 2.75) is 71.8 Å². The fraction of sp³-hybridized carbons (Fsp3) is 0.324. The molecule has 1 amide bonds. The highest BCUT2D eigenvalue weighted by Gasteiger charge is 2.30. The summed E-state index contributed by atoms with van der Waals surface area (Å²) < 4.78 is 16.3. The van der Waals surface area contributed by atoms with Crippen molar-refractivity contribution >= 4 is 11.6 Å². The molecule has 1 heterocycles. The Bertz CT molecular complexity index is 1310. The lowest BCUT2D eigenvalue weighted by atomic mass is 9.94. The van der Waals surface area contributed by atoms with Gasteiger partial charge in [-0.05, 0) is 59.9 Å². The van der Waals surface area contributed by atoms with Crippen LogP contribution in [0.2, 0.25) is 0 Å². The van der Waals surface area contributed by atoms with Crippen molar-refractivity contribution in [1.29, 1.82) is 0 Å². The van der Waals surface area contributed by atoms with Crippen molar-refractivity contribution in [3.63, 3.8) is 0 Å². The number of anilines is 1. The van der Waals surface area contributed by atoms with Crippen LogP contribution in [0.4, 0.5) is 10.1 Å². The van der Waals surface area contributed by atoms with Gasteiger partial charge in [-0.15, -0.1) is 0 Å². The van der Waals surface area contributed by atoms with Gasteiger partial charge in [-0.2, -0.15) is 0 Å². The van der Waals surface area contributed by atoms with Crippen LogP contribution >= 0.6 is 0 Å². The average Bonchev–Trinajstić information content (AvgIpc) is 3.27. The second-order valence-corrected chi connectivity index (χ2v) is 10.3. The molecule has 0 aliphatic carbocycles. The van der Waals surface area contributed by atoms with Gasteiger partial charge in [0.05, 0.1) is 11.3 Å². The predicted molar refractivity (Wildman–Crippen MR) is 157 cm³/mol. The lowest BCUT2D eigenvalue weighted by Gasteiger charge is -2.17. The quantitative estimate of drug-likeness (QED) is 0.189. The Morgan fingerprint density at radius 1 is 0.789 bits per heavy atom. The van der Waals surface area contributed by atoms with Gasteiger partial charge in [0, 0.05) is 23.5 Å². The van der Waals surface area contributed by atoms with Gasteiger partial charge in [0.15, 0.2) is 0 Å². The number of aromatic nitrogens is 1. The summed E-state index contributed by atoms with van der Waals surface area (Å²) in [5.74, 6) is -0.276. The maximum Gasteiger partial charge on any atom is 0.258 e. The number of halogens is 1. The topological polar surface area (TPSA) is 34.0 Å². The first-order valence-corrected chi connectivity index (χ1v) is 13.9. The Hall–Kier alpha value is -3.66. The fourth-order valence-electron chi connectivity index (χ4n) is 5.26. The maximum atomic E-state index is 14.0. The molecule has 1 aromatic heterocycles. The second kappa shape index (κ2) is 13.2. The van der Waals surface area contributed by atoms with Crippen LogP contribution in [-0.4, -0.2) is 10.5 Å². The zero-order valence-electron chi connectivity index (χ0n) is 22.8. The van der Waals surface area contributed by atoms with Gasteiger partial charge in [0.2, 0.25) is 0 Å². The third-order valence-corrected chi connectivity index (χ3v) is 7.02. The molecule has 3 aromatic carbocycles. The third kappa shape index (κ3) is 6.42.